The third-order valence-corrected chi connectivity index (χ3v) is 5.86. The van der Waals surface area contributed by atoms with Gasteiger partial charge >= 0.3 is 0 Å². The van der Waals surface area contributed by atoms with Gasteiger partial charge in [0.1, 0.15) is 5.75 Å². The Morgan fingerprint density at radius 3 is 2.63 bits per heavy atom. The molecular formula is C24H25N5O. The number of ether oxygens (including phenoxy) is 1. The predicted octanol–water partition coefficient (Wildman–Crippen LogP) is 4.18. The zero-order valence-electron chi connectivity index (χ0n) is 17.1. The number of rotatable bonds is 5. The Kier molecular flexibility index (Phi) is 5.15. The van der Waals surface area contributed by atoms with Gasteiger partial charge in [0.25, 0.3) is 0 Å². The van der Waals surface area contributed by atoms with E-state index in [1.807, 2.05) is 41.2 Å². The van der Waals surface area contributed by atoms with Gasteiger partial charge in [-0.1, -0.05) is 12.1 Å². The van der Waals surface area contributed by atoms with E-state index in [-0.39, 0.29) is 0 Å². The summed E-state index contributed by atoms with van der Waals surface area (Å²) in [5.41, 5.74) is 4.43. The minimum atomic E-state index is 0.416. The molecule has 4 heterocycles. The number of aromatic nitrogens is 4. The van der Waals surface area contributed by atoms with Gasteiger partial charge in [0.2, 0.25) is 0 Å². The van der Waals surface area contributed by atoms with Gasteiger partial charge in [0.05, 0.1) is 7.11 Å². The highest BCUT2D eigenvalue weighted by Crippen LogP contribution is 2.28. The SMILES string of the molecule is COc1cccc(-c2ccc3nc(C4CCN(Cc5ccncc5)CC4)nn3c2)c1. The summed E-state index contributed by atoms with van der Waals surface area (Å²) in [6.45, 7) is 3.12. The third kappa shape index (κ3) is 3.91. The van der Waals surface area contributed by atoms with Crippen molar-refractivity contribution in [2.45, 2.75) is 25.3 Å². The number of hydrogen-bond acceptors (Lipinski definition) is 5. The first-order chi connectivity index (χ1) is 14.8. The van der Waals surface area contributed by atoms with E-state index in [0.29, 0.717) is 5.92 Å². The van der Waals surface area contributed by atoms with E-state index in [1.54, 1.807) is 7.11 Å². The molecule has 0 unspecified atom stereocenters. The maximum absolute atomic E-state index is 5.35. The van der Waals surface area contributed by atoms with Crippen LogP contribution in [0.15, 0.2) is 67.1 Å². The maximum Gasteiger partial charge on any atom is 0.155 e. The van der Waals surface area contributed by atoms with Crippen LogP contribution in [0.2, 0.25) is 0 Å². The van der Waals surface area contributed by atoms with Crippen LogP contribution >= 0.6 is 0 Å². The Hall–Kier alpha value is -3.25. The molecule has 0 atom stereocenters. The molecule has 3 aromatic heterocycles. The molecule has 1 aliphatic heterocycles. The van der Waals surface area contributed by atoms with Crippen molar-refractivity contribution in [3.8, 4) is 16.9 Å². The molecule has 0 amide bonds. The number of piperidine rings is 1. The summed E-state index contributed by atoms with van der Waals surface area (Å²) in [5, 5.41) is 4.82. The number of pyridine rings is 2. The van der Waals surface area contributed by atoms with Crippen LogP contribution in [0.25, 0.3) is 16.8 Å². The van der Waals surface area contributed by atoms with Gasteiger partial charge in [0, 0.05) is 36.6 Å². The van der Waals surface area contributed by atoms with Crippen molar-refractivity contribution in [2.75, 3.05) is 20.2 Å². The van der Waals surface area contributed by atoms with Gasteiger partial charge in [-0.3, -0.25) is 9.88 Å². The highest BCUT2D eigenvalue weighted by atomic mass is 16.5. The van der Waals surface area contributed by atoms with E-state index in [1.165, 1.54) is 5.56 Å². The number of methoxy groups -OCH3 is 1. The molecule has 0 saturated carbocycles. The quantitative estimate of drug-likeness (QED) is 0.504. The predicted molar refractivity (Wildman–Crippen MR) is 116 cm³/mol. The summed E-state index contributed by atoms with van der Waals surface area (Å²) in [6.07, 6.45) is 7.96. The molecule has 30 heavy (non-hydrogen) atoms. The molecule has 5 rings (SSSR count). The van der Waals surface area contributed by atoms with Crippen molar-refractivity contribution in [1.82, 2.24) is 24.5 Å². The molecule has 1 saturated heterocycles. The van der Waals surface area contributed by atoms with Crippen molar-refractivity contribution in [1.29, 1.82) is 0 Å². The van der Waals surface area contributed by atoms with Crippen molar-refractivity contribution < 1.29 is 4.74 Å². The lowest BCUT2D eigenvalue weighted by Gasteiger charge is -2.30. The molecule has 6 heteroatoms. The number of hydrogen-bond donors (Lipinski definition) is 0. The van der Waals surface area contributed by atoms with Gasteiger partial charge in [-0.15, -0.1) is 0 Å². The van der Waals surface area contributed by atoms with Crippen LogP contribution < -0.4 is 4.74 Å². The van der Waals surface area contributed by atoms with E-state index >= 15 is 0 Å². The zero-order chi connectivity index (χ0) is 20.3. The molecule has 1 aliphatic rings. The van der Waals surface area contributed by atoms with E-state index in [2.05, 4.69) is 40.3 Å². The van der Waals surface area contributed by atoms with Crippen molar-refractivity contribution in [3.05, 3.63) is 78.5 Å². The Labute approximate surface area is 176 Å². The molecule has 0 N–H and O–H groups in total. The number of fused-ring (bicyclic) bond motifs is 1. The lowest BCUT2D eigenvalue weighted by Crippen LogP contribution is -2.32. The molecule has 4 aromatic rings. The van der Waals surface area contributed by atoms with Crippen molar-refractivity contribution >= 4 is 5.65 Å². The van der Waals surface area contributed by atoms with Crippen LogP contribution in [0.4, 0.5) is 0 Å². The highest BCUT2D eigenvalue weighted by Gasteiger charge is 2.24. The third-order valence-electron chi connectivity index (χ3n) is 5.86. The van der Waals surface area contributed by atoms with Crippen LogP contribution in [-0.4, -0.2) is 44.7 Å². The second-order valence-electron chi connectivity index (χ2n) is 7.83. The first-order valence-electron chi connectivity index (χ1n) is 10.4. The van der Waals surface area contributed by atoms with Crippen molar-refractivity contribution in [3.63, 3.8) is 0 Å². The molecule has 1 fully saturated rings. The Morgan fingerprint density at radius 1 is 1.00 bits per heavy atom. The molecule has 152 valence electrons. The number of nitrogens with zero attached hydrogens (tertiary/aromatic N) is 5. The molecule has 6 nitrogen and oxygen atoms in total. The average Bonchev–Trinajstić information content (AvgIpc) is 3.24. The monoisotopic (exact) mass is 399 g/mol. The van der Waals surface area contributed by atoms with Crippen LogP contribution in [0.3, 0.4) is 0 Å². The van der Waals surface area contributed by atoms with Crippen LogP contribution in [-0.2, 0) is 6.54 Å². The lowest BCUT2D eigenvalue weighted by atomic mass is 9.96. The number of likely N-dealkylation sites (tertiary alicyclic amines) is 1. The summed E-state index contributed by atoms with van der Waals surface area (Å²) < 4.78 is 7.26. The summed E-state index contributed by atoms with van der Waals surface area (Å²) in [4.78, 5) is 11.4. The summed E-state index contributed by atoms with van der Waals surface area (Å²) >= 11 is 0. The standard InChI is InChI=1S/C24H25N5O/c1-30-22-4-2-3-20(15-22)21-5-6-23-26-24(27-29(23)17-21)19-9-13-28(14-10-19)16-18-7-11-25-12-8-18/h2-8,11-12,15,17,19H,9-10,13-14,16H2,1H3. The average molecular weight is 399 g/mol. The fourth-order valence-corrected chi connectivity index (χ4v) is 4.14. The van der Waals surface area contributed by atoms with E-state index in [4.69, 9.17) is 14.8 Å². The molecule has 0 bridgehead atoms. The molecule has 0 spiro atoms. The van der Waals surface area contributed by atoms with Gasteiger partial charge in [-0.25, -0.2) is 9.50 Å². The fourth-order valence-electron chi connectivity index (χ4n) is 4.14. The van der Waals surface area contributed by atoms with Crippen LogP contribution in [0, 0.1) is 0 Å². The van der Waals surface area contributed by atoms with E-state index in [9.17, 15) is 0 Å². The smallest absolute Gasteiger partial charge is 0.155 e. The Morgan fingerprint density at radius 2 is 1.83 bits per heavy atom. The van der Waals surface area contributed by atoms with Crippen molar-refractivity contribution in [2.24, 2.45) is 0 Å². The molecule has 0 radical (unpaired) electrons. The summed E-state index contributed by atoms with van der Waals surface area (Å²) in [5.74, 6) is 2.23. The zero-order valence-corrected chi connectivity index (χ0v) is 17.1. The first-order valence-corrected chi connectivity index (χ1v) is 10.4. The number of benzene rings is 1. The molecular weight excluding hydrogens is 374 g/mol. The first kappa shape index (κ1) is 18.8. The van der Waals surface area contributed by atoms with Gasteiger partial charge in [-0.05, 0) is 73.5 Å². The Balaban J connectivity index is 1.30. The van der Waals surface area contributed by atoms with E-state index < -0.39 is 0 Å². The van der Waals surface area contributed by atoms with Crippen LogP contribution in [0.5, 0.6) is 5.75 Å². The largest absolute Gasteiger partial charge is 0.497 e. The van der Waals surface area contributed by atoms with Gasteiger partial charge in [-0.2, -0.15) is 5.10 Å². The Bertz CT molecular complexity index is 1130. The topological polar surface area (TPSA) is 55.5 Å². The minimum Gasteiger partial charge on any atom is -0.497 e. The summed E-state index contributed by atoms with van der Waals surface area (Å²) in [7, 11) is 1.69. The second-order valence-corrected chi connectivity index (χ2v) is 7.83. The maximum atomic E-state index is 5.35. The van der Waals surface area contributed by atoms with Crippen LogP contribution in [0.1, 0.15) is 30.1 Å². The van der Waals surface area contributed by atoms with Gasteiger partial charge < -0.3 is 4.74 Å². The molecule has 1 aromatic carbocycles. The second kappa shape index (κ2) is 8.24. The highest BCUT2D eigenvalue weighted by molar-refractivity contribution is 5.65. The van der Waals surface area contributed by atoms with E-state index in [0.717, 1.165) is 60.8 Å². The molecule has 0 aliphatic carbocycles. The lowest BCUT2D eigenvalue weighted by molar-refractivity contribution is 0.202. The summed E-state index contributed by atoms with van der Waals surface area (Å²) in [6, 6.07) is 16.4. The van der Waals surface area contributed by atoms with Gasteiger partial charge in [0.15, 0.2) is 11.5 Å². The minimum absolute atomic E-state index is 0.416. The fraction of sp³-hybridized carbons (Fsp3) is 0.292. The normalized spacial score (nSPS) is 15.5.